The van der Waals surface area contributed by atoms with Crippen molar-refractivity contribution in [3.05, 3.63) is 0 Å². The van der Waals surface area contributed by atoms with Crippen LogP contribution < -0.4 is 0 Å². The molecule has 0 spiro atoms. The molecule has 0 amide bonds. The van der Waals surface area contributed by atoms with Crippen LogP contribution in [0.5, 0.6) is 0 Å². The molecule has 1 unspecified atom stereocenters. The lowest BCUT2D eigenvalue weighted by atomic mass is 10.6. The Morgan fingerprint density at radius 2 is 1.79 bits per heavy atom. The van der Waals surface area contributed by atoms with Gasteiger partial charge in [-0.05, 0) is 37.3 Å². The van der Waals surface area contributed by atoms with Crippen LogP contribution in [0.3, 0.4) is 0 Å². The molecule has 0 aromatic heterocycles. The van der Waals surface area contributed by atoms with Gasteiger partial charge in [0.1, 0.15) is 6.61 Å². The van der Waals surface area contributed by atoms with Crippen molar-refractivity contribution in [2.24, 2.45) is 0 Å². The Morgan fingerprint density at radius 3 is 1.79 bits per heavy atom. The average Bonchev–Trinajstić information content (AvgIpc) is 2.03. The minimum absolute atomic E-state index is 0.00154. The van der Waals surface area contributed by atoms with E-state index in [1.807, 2.05) is 0 Å². The first-order valence-corrected chi connectivity index (χ1v) is 4.69. The fraction of sp³-hybridized carbons (Fsp3) is 0.714. The van der Waals surface area contributed by atoms with Crippen LogP contribution in [-0.2, 0) is 14.3 Å². The lowest BCUT2D eigenvalue weighted by Crippen LogP contribution is -2.27. The molecule has 0 radical (unpaired) electrons. The molecule has 0 rings (SSSR count). The van der Waals surface area contributed by atoms with Gasteiger partial charge in [-0.25, -0.2) is 0 Å². The zero-order valence-electron chi connectivity index (χ0n) is 8.09. The lowest BCUT2D eigenvalue weighted by molar-refractivity contribution is -0.115. The third kappa shape index (κ3) is 12.1. The number of carbonyl (C=O) groups excluding carboxylic acids is 2. The first kappa shape index (κ1) is 16.6. The highest BCUT2D eigenvalue weighted by atomic mass is 35.5. The number of methoxy groups -OCH3 is 1. The summed E-state index contributed by atoms with van der Waals surface area (Å²) in [5.74, 6) is 0. The van der Waals surface area contributed by atoms with Crippen molar-refractivity contribution in [2.45, 2.75) is 5.50 Å². The zero-order valence-corrected chi connectivity index (χ0v) is 10.4. The molecule has 0 heterocycles. The highest BCUT2D eigenvalue weighted by Gasteiger charge is 2.13. The van der Waals surface area contributed by atoms with Gasteiger partial charge in [0.05, 0.1) is 0 Å². The molecule has 84 valence electrons. The van der Waals surface area contributed by atoms with Crippen molar-refractivity contribution in [3.63, 3.8) is 0 Å². The summed E-state index contributed by atoms with van der Waals surface area (Å²) in [4.78, 5) is 21.4. The number of hydrogen-bond donors (Lipinski definition) is 0. The first-order valence-electron chi connectivity index (χ1n) is 3.50. The van der Waals surface area contributed by atoms with Gasteiger partial charge in [-0.2, -0.15) is 0 Å². The van der Waals surface area contributed by atoms with E-state index in [1.54, 1.807) is 14.1 Å². The number of nitrogens with zero attached hydrogens (tertiary/aromatic N) is 1. The smallest absolute Gasteiger partial charge is 0.254 e. The van der Waals surface area contributed by atoms with E-state index in [-0.39, 0.29) is 6.61 Å². The Labute approximate surface area is 98.0 Å². The molecule has 4 nitrogen and oxygen atoms in total. The van der Waals surface area contributed by atoms with Gasteiger partial charge < -0.3 is 4.74 Å². The fourth-order valence-corrected chi connectivity index (χ4v) is 0.621. The number of likely N-dealkylation sites (N-methyl/N-ethyl adjacent to an activating group) is 1. The van der Waals surface area contributed by atoms with Crippen LogP contribution in [0.25, 0.3) is 0 Å². The minimum Gasteiger partial charge on any atom is -0.376 e. The molecule has 0 N–H and O–H groups in total. The SMILES string of the molecule is CN(C)C(Cl)C(=O)Cl.COCC(=O)Cl. The second-order valence-corrected chi connectivity index (χ2v) is 3.60. The predicted octanol–water partition coefficient (Wildman–Crippen LogP) is 1.28. The molecule has 14 heavy (non-hydrogen) atoms. The van der Waals surface area contributed by atoms with E-state index < -0.39 is 16.0 Å². The number of carbonyl (C=O) groups is 2. The standard InChI is InChI=1S/C4H7Cl2NO.C3H5ClO2/c1-7(2)3(5)4(6)8;1-6-2-3(4)5/h3H,1-2H3;2H2,1H3. The van der Waals surface area contributed by atoms with Crippen LogP contribution in [0.15, 0.2) is 0 Å². The summed E-state index contributed by atoms with van der Waals surface area (Å²) in [5.41, 5.74) is -0.698. The van der Waals surface area contributed by atoms with Crippen LogP contribution in [0.1, 0.15) is 0 Å². The summed E-state index contributed by atoms with van der Waals surface area (Å²) >= 11 is 15.2. The van der Waals surface area contributed by atoms with Gasteiger partial charge in [-0.3, -0.25) is 14.5 Å². The summed E-state index contributed by atoms with van der Waals surface area (Å²) in [6, 6.07) is 0. The average molecular weight is 265 g/mol. The maximum absolute atomic E-state index is 10.2. The van der Waals surface area contributed by atoms with E-state index in [0.717, 1.165) is 0 Å². The van der Waals surface area contributed by atoms with Crippen molar-refractivity contribution in [3.8, 4) is 0 Å². The zero-order chi connectivity index (χ0) is 11.7. The van der Waals surface area contributed by atoms with Crippen molar-refractivity contribution < 1.29 is 14.3 Å². The molecule has 0 aliphatic carbocycles. The third-order valence-corrected chi connectivity index (χ3v) is 1.91. The Hall–Kier alpha value is 0.130. The molecule has 0 saturated heterocycles. The van der Waals surface area contributed by atoms with Crippen LogP contribution in [0.4, 0.5) is 0 Å². The van der Waals surface area contributed by atoms with Crippen molar-refractivity contribution in [1.82, 2.24) is 4.90 Å². The summed E-state index contributed by atoms with van der Waals surface area (Å²) < 4.78 is 4.32. The van der Waals surface area contributed by atoms with Gasteiger partial charge in [-0.15, -0.1) is 0 Å². The second kappa shape index (κ2) is 9.68. The van der Waals surface area contributed by atoms with Gasteiger partial charge in [-0.1, -0.05) is 11.6 Å². The van der Waals surface area contributed by atoms with E-state index in [1.165, 1.54) is 12.0 Å². The van der Waals surface area contributed by atoms with Crippen molar-refractivity contribution in [1.29, 1.82) is 0 Å². The molecular formula is C7H12Cl3NO3. The lowest BCUT2D eigenvalue weighted by Gasteiger charge is -2.11. The largest absolute Gasteiger partial charge is 0.376 e. The van der Waals surface area contributed by atoms with Crippen molar-refractivity contribution in [2.75, 3.05) is 27.8 Å². The number of hydrogen-bond acceptors (Lipinski definition) is 4. The number of halogens is 3. The summed E-state index contributed by atoms with van der Waals surface area (Å²) in [6.45, 7) is 0.00154. The Morgan fingerprint density at radius 1 is 1.36 bits per heavy atom. The van der Waals surface area contributed by atoms with Crippen LogP contribution in [0.2, 0.25) is 0 Å². The molecular weight excluding hydrogens is 252 g/mol. The highest BCUT2D eigenvalue weighted by Crippen LogP contribution is 2.02. The summed E-state index contributed by atoms with van der Waals surface area (Å²) in [5, 5.41) is -1.01. The van der Waals surface area contributed by atoms with Crippen LogP contribution in [-0.4, -0.2) is 48.7 Å². The number of alkyl halides is 1. The Balaban J connectivity index is 0. The maximum atomic E-state index is 10.2. The third-order valence-electron chi connectivity index (χ3n) is 0.898. The van der Waals surface area contributed by atoms with Gasteiger partial charge in [0, 0.05) is 7.11 Å². The minimum atomic E-state index is -0.698. The van der Waals surface area contributed by atoms with E-state index in [4.69, 9.17) is 34.8 Å². The van der Waals surface area contributed by atoms with Crippen LogP contribution >= 0.6 is 34.8 Å². The molecule has 0 fully saturated rings. The quantitative estimate of drug-likeness (QED) is 0.436. The van der Waals surface area contributed by atoms with E-state index >= 15 is 0 Å². The van der Waals surface area contributed by atoms with E-state index in [0.29, 0.717) is 0 Å². The van der Waals surface area contributed by atoms with Crippen LogP contribution in [0, 0.1) is 0 Å². The summed E-state index contributed by atoms with van der Waals surface area (Å²) in [7, 11) is 4.77. The van der Waals surface area contributed by atoms with Crippen molar-refractivity contribution >= 4 is 45.3 Å². The Bertz CT molecular complexity index is 187. The van der Waals surface area contributed by atoms with E-state index in [9.17, 15) is 9.59 Å². The normalized spacial score (nSPS) is 11.6. The number of ether oxygens (including phenoxy) is 1. The Kier molecular flexibility index (Phi) is 11.4. The maximum Gasteiger partial charge on any atom is 0.254 e. The molecule has 0 saturated carbocycles. The second-order valence-electron chi connectivity index (χ2n) is 2.39. The highest BCUT2D eigenvalue weighted by molar-refractivity contribution is 6.69. The molecule has 7 heteroatoms. The molecule has 1 atom stereocenters. The topological polar surface area (TPSA) is 46.6 Å². The van der Waals surface area contributed by atoms with Gasteiger partial charge >= 0.3 is 0 Å². The van der Waals surface area contributed by atoms with Gasteiger partial charge in [0.2, 0.25) is 5.24 Å². The summed E-state index contributed by atoms with van der Waals surface area (Å²) in [6.07, 6.45) is 0. The molecule has 0 bridgehead atoms. The van der Waals surface area contributed by atoms with Gasteiger partial charge in [0.15, 0.2) is 5.50 Å². The molecule has 0 aromatic carbocycles. The molecule has 0 aliphatic rings. The fourth-order valence-electron chi connectivity index (χ4n) is 0.316. The molecule has 0 aromatic rings. The number of rotatable bonds is 4. The van der Waals surface area contributed by atoms with E-state index in [2.05, 4.69) is 4.74 Å². The first-order chi connectivity index (χ1) is 6.32. The predicted molar refractivity (Wildman–Crippen MR) is 56.9 cm³/mol. The van der Waals surface area contributed by atoms with Gasteiger partial charge in [0.25, 0.3) is 5.24 Å². The molecule has 0 aliphatic heterocycles. The monoisotopic (exact) mass is 263 g/mol.